The van der Waals surface area contributed by atoms with Crippen LogP contribution in [-0.2, 0) is 10.2 Å². The van der Waals surface area contributed by atoms with Gasteiger partial charge in [-0.2, -0.15) is 0 Å². The number of nitrogens with one attached hydrogen (secondary N) is 2. The highest BCUT2D eigenvalue weighted by atomic mass is 16.1. The maximum absolute atomic E-state index is 11.1. The van der Waals surface area contributed by atoms with Crippen molar-refractivity contribution >= 4 is 17.5 Å². The van der Waals surface area contributed by atoms with Crippen molar-refractivity contribution in [2.45, 2.75) is 45.1 Å². The Morgan fingerprint density at radius 3 is 2.74 bits per heavy atom. The fourth-order valence-electron chi connectivity index (χ4n) is 1.94. The number of anilines is 2. The Bertz CT molecular complexity index is 470. The molecule has 1 aromatic heterocycles. The first-order chi connectivity index (χ1) is 8.84. The van der Waals surface area contributed by atoms with Gasteiger partial charge in [0.15, 0.2) is 0 Å². The molecule has 1 aliphatic heterocycles. The van der Waals surface area contributed by atoms with E-state index >= 15 is 0 Å². The summed E-state index contributed by atoms with van der Waals surface area (Å²) in [5.74, 6) is 2.01. The van der Waals surface area contributed by atoms with E-state index in [1.165, 1.54) is 0 Å². The molecule has 0 bridgehead atoms. The average Bonchev–Trinajstić information content (AvgIpc) is 2.30. The number of nitrogens with zero attached hydrogens (tertiary/aromatic N) is 2. The monoisotopic (exact) mass is 263 g/mol. The van der Waals surface area contributed by atoms with Gasteiger partial charge in [-0.05, 0) is 6.42 Å². The van der Waals surface area contributed by atoms with Crippen LogP contribution in [0.25, 0.3) is 0 Å². The number of carbonyl (C=O) groups excluding carboxylic acids is 1. The minimum absolute atomic E-state index is 0.107. The van der Waals surface area contributed by atoms with Gasteiger partial charge in [0.25, 0.3) is 0 Å². The summed E-state index contributed by atoms with van der Waals surface area (Å²) in [6.45, 7) is 6.76. The summed E-state index contributed by atoms with van der Waals surface area (Å²) in [5, 5.41) is 6.14. The summed E-state index contributed by atoms with van der Waals surface area (Å²) in [7, 11) is 0. The zero-order valence-corrected chi connectivity index (χ0v) is 11.7. The zero-order chi connectivity index (χ0) is 14.0. The van der Waals surface area contributed by atoms with Crippen LogP contribution in [0.4, 0.5) is 11.6 Å². The van der Waals surface area contributed by atoms with E-state index in [-0.39, 0.29) is 17.4 Å². The van der Waals surface area contributed by atoms with Crippen molar-refractivity contribution in [2.24, 2.45) is 0 Å². The number of piperidine rings is 1. The van der Waals surface area contributed by atoms with Gasteiger partial charge in [0.2, 0.25) is 5.91 Å². The van der Waals surface area contributed by atoms with Crippen LogP contribution in [0, 0.1) is 0 Å². The van der Waals surface area contributed by atoms with Gasteiger partial charge in [-0.15, -0.1) is 0 Å². The number of rotatable bonds is 2. The second-order valence-corrected chi connectivity index (χ2v) is 5.94. The normalized spacial score (nSPS) is 19.9. The Morgan fingerprint density at radius 2 is 2.16 bits per heavy atom. The summed E-state index contributed by atoms with van der Waals surface area (Å²) < 4.78 is 0. The van der Waals surface area contributed by atoms with E-state index in [1.54, 1.807) is 6.07 Å². The predicted molar refractivity (Wildman–Crippen MR) is 74.8 cm³/mol. The number of aromatic nitrogens is 2. The van der Waals surface area contributed by atoms with Gasteiger partial charge in [0.1, 0.15) is 17.5 Å². The number of hydrogen-bond acceptors (Lipinski definition) is 5. The van der Waals surface area contributed by atoms with Gasteiger partial charge >= 0.3 is 0 Å². The van der Waals surface area contributed by atoms with Crippen LogP contribution in [0.5, 0.6) is 0 Å². The van der Waals surface area contributed by atoms with Crippen LogP contribution in [0.2, 0.25) is 0 Å². The molecule has 1 fully saturated rings. The van der Waals surface area contributed by atoms with Gasteiger partial charge in [-0.3, -0.25) is 4.79 Å². The van der Waals surface area contributed by atoms with E-state index in [4.69, 9.17) is 5.73 Å². The van der Waals surface area contributed by atoms with Crippen LogP contribution in [0.3, 0.4) is 0 Å². The number of amides is 1. The number of nitrogen functional groups attached to an aromatic ring is 1. The van der Waals surface area contributed by atoms with E-state index in [0.717, 1.165) is 18.1 Å². The van der Waals surface area contributed by atoms with Gasteiger partial charge in [0, 0.05) is 30.5 Å². The minimum Gasteiger partial charge on any atom is -0.384 e. The smallest absolute Gasteiger partial charge is 0.220 e. The van der Waals surface area contributed by atoms with Gasteiger partial charge in [-0.25, -0.2) is 9.97 Å². The van der Waals surface area contributed by atoms with Crippen molar-refractivity contribution in [1.82, 2.24) is 15.3 Å². The number of hydrogen-bond donors (Lipinski definition) is 3. The topological polar surface area (TPSA) is 92.9 Å². The molecule has 1 aromatic rings. The van der Waals surface area contributed by atoms with E-state index < -0.39 is 0 Å². The van der Waals surface area contributed by atoms with Crippen molar-refractivity contribution in [3.05, 3.63) is 11.9 Å². The molecule has 4 N–H and O–H groups in total. The van der Waals surface area contributed by atoms with Crippen LogP contribution in [-0.4, -0.2) is 28.5 Å². The quantitative estimate of drug-likeness (QED) is 0.741. The highest BCUT2D eigenvalue weighted by Gasteiger charge is 2.21. The molecular weight excluding hydrogens is 242 g/mol. The lowest BCUT2D eigenvalue weighted by Gasteiger charge is -2.25. The third kappa shape index (κ3) is 3.56. The Kier molecular flexibility index (Phi) is 3.59. The minimum atomic E-state index is -0.146. The first kappa shape index (κ1) is 13.6. The molecule has 0 aromatic carbocycles. The Labute approximate surface area is 113 Å². The highest BCUT2D eigenvalue weighted by molar-refractivity contribution is 5.77. The second-order valence-electron chi connectivity index (χ2n) is 5.94. The molecule has 6 heteroatoms. The third-order valence-corrected chi connectivity index (χ3v) is 3.03. The van der Waals surface area contributed by atoms with Gasteiger partial charge in [-0.1, -0.05) is 20.8 Å². The number of carbonyl (C=O) groups is 1. The van der Waals surface area contributed by atoms with Crippen molar-refractivity contribution in [3.8, 4) is 0 Å². The molecular formula is C13H21N5O. The largest absolute Gasteiger partial charge is 0.384 e. The molecule has 19 heavy (non-hydrogen) atoms. The molecule has 0 spiro atoms. The molecule has 1 atom stereocenters. The summed E-state index contributed by atoms with van der Waals surface area (Å²) in [6, 6.07) is 1.92. The molecule has 0 saturated carbocycles. The van der Waals surface area contributed by atoms with Crippen LogP contribution < -0.4 is 16.4 Å². The van der Waals surface area contributed by atoms with Gasteiger partial charge < -0.3 is 16.4 Å². The standard InChI is InChI=1S/C13H21N5O/c1-13(2,3)12-17-9(14)6-10(18-12)16-8-4-5-11(19)15-7-8/h6,8H,4-5,7H2,1-3H3,(H,15,19)(H3,14,16,17,18). The van der Waals surface area contributed by atoms with E-state index in [2.05, 4.69) is 20.6 Å². The Hall–Kier alpha value is -1.85. The lowest BCUT2D eigenvalue weighted by Crippen LogP contribution is -2.42. The molecule has 0 radical (unpaired) electrons. The first-order valence-corrected chi connectivity index (χ1v) is 6.53. The average molecular weight is 263 g/mol. The summed E-state index contributed by atoms with van der Waals surface area (Å²) in [6.07, 6.45) is 1.35. The molecule has 2 rings (SSSR count). The molecule has 1 saturated heterocycles. The molecule has 1 unspecified atom stereocenters. The Morgan fingerprint density at radius 1 is 1.42 bits per heavy atom. The molecule has 104 valence electrons. The van der Waals surface area contributed by atoms with Crippen LogP contribution in [0.1, 0.15) is 39.4 Å². The maximum Gasteiger partial charge on any atom is 0.220 e. The summed E-state index contributed by atoms with van der Waals surface area (Å²) in [5.41, 5.74) is 5.68. The van der Waals surface area contributed by atoms with Gasteiger partial charge in [0.05, 0.1) is 0 Å². The summed E-state index contributed by atoms with van der Waals surface area (Å²) >= 11 is 0. The van der Waals surface area contributed by atoms with E-state index in [1.807, 2.05) is 20.8 Å². The molecule has 1 amide bonds. The lowest BCUT2D eigenvalue weighted by atomic mass is 9.96. The molecule has 2 heterocycles. The number of nitrogens with two attached hydrogens (primary N) is 1. The second kappa shape index (κ2) is 5.03. The molecule has 1 aliphatic rings. The summed E-state index contributed by atoms with van der Waals surface area (Å²) in [4.78, 5) is 19.9. The third-order valence-electron chi connectivity index (χ3n) is 3.03. The van der Waals surface area contributed by atoms with Crippen molar-refractivity contribution < 1.29 is 4.79 Å². The van der Waals surface area contributed by atoms with E-state index in [9.17, 15) is 4.79 Å². The van der Waals surface area contributed by atoms with Crippen LogP contribution in [0.15, 0.2) is 6.07 Å². The SMILES string of the molecule is CC(C)(C)c1nc(N)cc(NC2CCC(=O)NC2)n1. The van der Waals surface area contributed by atoms with Crippen molar-refractivity contribution in [2.75, 3.05) is 17.6 Å². The lowest BCUT2D eigenvalue weighted by molar-refractivity contribution is -0.122. The zero-order valence-electron chi connectivity index (χ0n) is 11.7. The van der Waals surface area contributed by atoms with Crippen molar-refractivity contribution in [1.29, 1.82) is 0 Å². The van der Waals surface area contributed by atoms with E-state index in [0.29, 0.717) is 18.8 Å². The maximum atomic E-state index is 11.1. The molecule has 6 nitrogen and oxygen atoms in total. The molecule has 0 aliphatic carbocycles. The Balaban J connectivity index is 2.12. The first-order valence-electron chi connectivity index (χ1n) is 6.53. The van der Waals surface area contributed by atoms with Crippen molar-refractivity contribution in [3.63, 3.8) is 0 Å². The fraction of sp³-hybridized carbons (Fsp3) is 0.615. The fourth-order valence-corrected chi connectivity index (χ4v) is 1.94. The highest BCUT2D eigenvalue weighted by Crippen LogP contribution is 2.22. The van der Waals surface area contributed by atoms with Crippen LogP contribution >= 0.6 is 0 Å². The predicted octanol–water partition coefficient (Wildman–Crippen LogP) is 1.05.